The largest absolute Gasteiger partial charge is 3.00 e. The molecule has 3 aromatic carbocycles. The van der Waals surface area contributed by atoms with Crippen molar-refractivity contribution in [1.29, 1.82) is 0 Å². The van der Waals surface area contributed by atoms with Gasteiger partial charge in [-0.15, -0.1) is 90.0 Å². The van der Waals surface area contributed by atoms with Gasteiger partial charge in [-0.25, -0.2) is 4.98 Å². The molecule has 0 bridgehead atoms. The normalized spacial score (nSPS) is 10.1. The molecule has 8 aromatic rings. The molecule has 0 amide bonds. The molecule has 0 radical (unpaired) electrons. The summed E-state index contributed by atoms with van der Waals surface area (Å²) in [6, 6.07) is 50.5. The van der Waals surface area contributed by atoms with Gasteiger partial charge in [0.05, 0.1) is 5.58 Å². The quantitative estimate of drug-likeness (QED) is 0.169. The molecule has 5 heterocycles. The topological polar surface area (TPSA) is 64.7 Å². The average molecular weight is 746 g/mol. The van der Waals surface area contributed by atoms with Crippen LogP contribution in [0.4, 0.5) is 0 Å². The molecule has 0 fully saturated rings. The second-order valence-electron chi connectivity index (χ2n) is 9.25. The average Bonchev–Trinajstić information content (AvgIpc) is 3.50. The van der Waals surface area contributed by atoms with Crippen LogP contribution in [-0.4, -0.2) is 19.9 Å². The summed E-state index contributed by atoms with van der Waals surface area (Å²) in [5.41, 5.74) is 7.18. The predicted molar refractivity (Wildman–Crippen MR) is 171 cm³/mol. The Morgan fingerprint density at radius 2 is 0.977 bits per heavy atom. The first kappa shape index (κ1) is 30.2. The molecule has 0 aliphatic heterocycles. The number of fused-ring (bicyclic) bond motifs is 3. The first-order valence-corrected chi connectivity index (χ1v) is 13.7. The van der Waals surface area contributed by atoms with Gasteiger partial charge in [0.2, 0.25) is 5.71 Å². The first-order valence-electron chi connectivity index (χ1n) is 13.7. The summed E-state index contributed by atoms with van der Waals surface area (Å²) < 4.78 is 5.86. The SMILES string of the molecule is [Ir+3].[c-]1ccc2c(oc3ncccc32)c1-c1ccccn1.[c-]1ccccc1-c1ccccn1.[c-]1ccccc1-c1ccccn1. The second-order valence-corrected chi connectivity index (χ2v) is 9.25. The van der Waals surface area contributed by atoms with E-state index >= 15 is 0 Å². The summed E-state index contributed by atoms with van der Waals surface area (Å²) in [6.07, 6.45) is 7.07. The van der Waals surface area contributed by atoms with Crippen molar-refractivity contribution in [2.75, 3.05) is 0 Å². The van der Waals surface area contributed by atoms with Crippen LogP contribution in [0.2, 0.25) is 0 Å². The van der Waals surface area contributed by atoms with Crippen molar-refractivity contribution in [2.45, 2.75) is 0 Å². The molecule has 0 spiro atoms. The van der Waals surface area contributed by atoms with Crippen LogP contribution in [0.15, 0.2) is 157 Å². The fraction of sp³-hybridized carbons (Fsp3) is 0. The van der Waals surface area contributed by atoms with Gasteiger partial charge in [0, 0.05) is 30.2 Å². The minimum atomic E-state index is 0. The number of hydrogen-bond acceptors (Lipinski definition) is 5. The van der Waals surface area contributed by atoms with Crippen LogP contribution in [0, 0.1) is 18.2 Å². The van der Waals surface area contributed by atoms with Crippen molar-refractivity contribution in [2.24, 2.45) is 0 Å². The third kappa shape index (κ3) is 7.37. The molecule has 0 saturated carbocycles. The maximum atomic E-state index is 5.86. The molecule has 0 aliphatic carbocycles. The van der Waals surface area contributed by atoms with Crippen molar-refractivity contribution < 1.29 is 24.5 Å². The molecule has 0 saturated heterocycles. The molecule has 6 heteroatoms. The van der Waals surface area contributed by atoms with Crippen LogP contribution in [0.3, 0.4) is 0 Å². The summed E-state index contributed by atoms with van der Waals surface area (Å²) in [4.78, 5) is 17.0. The number of hydrogen-bond donors (Lipinski definition) is 0. The van der Waals surface area contributed by atoms with Gasteiger partial charge in [-0.1, -0.05) is 47.3 Å². The molecule has 0 atom stereocenters. The van der Waals surface area contributed by atoms with Crippen LogP contribution >= 0.6 is 0 Å². The zero-order valence-electron chi connectivity index (χ0n) is 23.5. The predicted octanol–water partition coefficient (Wildman–Crippen LogP) is 8.94. The Hall–Kier alpha value is -5.29. The Kier molecular flexibility index (Phi) is 10.5. The summed E-state index contributed by atoms with van der Waals surface area (Å²) in [6.45, 7) is 0. The van der Waals surface area contributed by atoms with Gasteiger partial charge < -0.3 is 19.4 Å². The van der Waals surface area contributed by atoms with Crippen LogP contribution in [-0.2, 0) is 20.1 Å². The number of benzene rings is 3. The Balaban J connectivity index is 0.000000135. The first-order chi connectivity index (χ1) is 21.4. The third-order valence-electron chi connectivity index (χ3n) is 6.43. The maximum Gasteiger partial charge on any atom is 3.00 e. The van der Waals surface area contributed by atoms with Crippen LogP contribution in [0.1, 0.15) is 0 Å². The van der Waals surface area contributed by atoms with Gasteiger partial charge in [-0.3, -0.25) is 0 Å². The number of furan rings is 1. The van der Waals surface area contributed by atoms with E-state index in [0.29, 0.717) is 5.71 Å². The van der Waals surface area contributed by atoms with E-state index < -0.39 is 0 Å². The molecular formula is C38H25IrN4O. The van der Waals surface area contributed by atoms with Crippen molar-refractivity contribution in [3.8, 4) is 33.8 Å². The summed E-state index contributed by atoms with van der Waals surface area (Å²) in [5.74, 6) is 0. The van der Waals surface area contributed by atoms with Gasteiger partial charge in [0.1, 0.15) is 0 Å². The Morgan fingerprint density at radius 3 is 1.50 bits per heavy atom. The van der Waals surface area contributed by atoms with Crippen molar-refractivity contribution >= 4 is 22.1 Å². The molecule has 0 aliphatic rings. The van der Waals surface area contributed by atoms with E-state index in [1.54, 1.807) is 24.8 Å². The van der Waals surface area contributed by atoms with E-state index in [1.807, 2.05) is 127 Å². The third-order valence-corrected chi connectivity index (χ3v) is 6.43. The van der Waals surface area contributed by atoms with Crippen LogP contribution in [0.5, 0.6) is 0 Å². The van der Waals surface area contributed by atoms with E-state index in [2.05, 4.69) is 38.1 Å². The number of nitrogens with zero attached hydrogens (tertiary/aromatic N) is 4. The molecule has 8 rings (SSSR count). The molecule has 0 unspecified atom stereocenters. The maximum absolute atomic E-state index is 5.86. The van der Waals surface area contributed by atoms with Crippen molar-refractivity contribution in [1.82, 2.24) is 19.9 Å². The fourth-order valence-electron chi connectivity index (χ4n) is 4.43. The van der Waals surface area contributed by atoms with E-state index in [9.17, 15) is 0 Å². The van der Waals surface area contributed by atoms with E-state index in [4.69, 9.17) is 4.42 Å². The zero-order chi connectivity index (χ0) is 29.1. The molecule has 0 N–H and O–H groups in total. The minimum Gasteiger partial charge on any atom is -0.486 e. The molecule has 5 aromatic heterocycles. The van der Waals surface area contributed by atoms with Crippen LogP contribution < -0.4 is 0 Å². The van der Waals surface area contributed by atoms with Gasteiger partial charge in [0.25, 0.3) is 0 Å². The minimum absolute atomic E-state index is 0. The molecule has 212 valence electrons. The number of pyridine rings is 4. The van der Waals surface area contributed by atoms with Crippen molar-refractivity contribution in [3.63, 3.8) is 0 Å². The number of rotatable bonds is 3. The van der Waals surface area contributed by atoms with Gasteiger partial charge in [-0.2, -0.15) is 0 Å². The van der Waals surface area contributed by atoms with Gasteiger partial charge >= 0.3 is 20.1 Å². The smallest absolute Gasteiger partial charge is 0.486 e. The molecular weight excluding hydrogens is 721 g/mol. The summed E-state index contributed by atoms with van der Waals surface area (Å²) >= 11 is 0. The van der Waals surface area contributed by atoms with Gasteiger partial charge in [0.15, 0.2) is 0 Å². The monoisotopic (exact) mass is 746 g/mol. The van der Waals surface area contributed by atoms with E-state index in [-0.39, 0.29) is 20.1 Å². The second kappa shape index (κ2) is 15.3. The van der Waals surface area contributed by atoms with E-state index in [0.717, 1.165) is 50.1 Å². The standard InChI is InChI=1S/C16H9N2O.2C11H8N.Ir/c1-2-9-17-14(8-1)13-6-3-5-11-12-7-4-10-18-16(12)19-15(11)13;2*1-2-6-10(7-3-1)11-8-4-5-9-12-11;/h1-5,7-10H;2*1-6,8-9H;/q3*-1;+3. The van der Waals surface area contributed by atoms with Gasteiger partial charge in [-0.05, 0) is 47.4 Å². The number of aromatic nitrogens is 4. The zero-order valence-corrected chi connectivity index (χ0v) is 25.9. The Labute approximate surface area is 269 Å². The van der Waals surface area contributed by atoms with Crippen molar-refractivity contribution in [3.05, 3.63) is 170 Å². The molecule has 44 heavy (non-hydrogen) atoms. The van der Waals surface area contributed by atoms with Crippen LogP contribution in [0.25, 0.3) is 55.8 Å². The van der Waals surface area contributed by atoms with E-state index in [1.165, 1.54) is 0 Å². The Bertz CT molecular complexity index is 1850. The molecule has 5 nitrogen and oxygen atoms in total. The fourth-order valence-corrected chi connectivity index (χ4v) is 4.43. The summed E-state index contributed by atoms with van der Waals surface area (Å²) in [7, 11) is 0. The Morgan fingerprint density at radius 1 is 0.432 bits per heavy atom. The summed E-state index contributed by atoms with van der Waals surface area (Å²) in [5, 5.41) is 2.06.